The van der Waals surface area contributed by atoms with E-state index in [1.165, 1.54) is 11.9 Å². The van der Waals surface area contributed by atoms with Crippen LogP contribution in [-0.2, 0) is 14.4 Å². The molecule has 0 unspecified atom stereocenters. The lowest BCUT2D eigenvalue weighted by Gasteiger charge is -2.33. The van der Waals surface area contributed by atoms with Crippen molar-refractivity contribution in [3.63, 3.8) is 0 Å². The molecule has 1 amide bonds. The van der Waals surface area contributed by atoms with E-state index >= 15 is 0 Å². The molecule has 5 nitrogen and oxygen atoms in total. The van der Waals surface area contributed by atoms with Gasteiger partial charge in [0.05, 0.1) is 9.63 Å². The van der Waals surface area contributed by atoms with Gasteiger partial charge in [0.15, 0.2) is 0 Å². The van der Waals surface area contributed by atoms with Gasteiger partial charge in [-0.25, -0.2) is 4.21 Å². The van der Waals surface area contributed by atoms with Crippen LogP contribution in [0, 0.1) is 5.92 Å². The van der Waals surface area contributed by atoms with E-state index in [-0.39, 0.29) is 11.7 Å². The molecule has 0 saturated heterocycles. The Hall–Kier alpha value is -1.24. The number of nitrogens with zero attached hydrogens (tertiary/aromatic N) is 1. The van der Waals surface area contributed by atoms with Crippen LogP contribution in [0.5, 0.6) is 0 Å². The van der Waals surface area contributed by atoms with E-state index in [2.05, 4.69) is 0 Å². The summed E-state index contributed by atoms with van der Waals surface area (Å²) in [6.07, 6.45) is 0. The molecule has 0 radical (unpaired) electrons. The Morgan fingerprint density at radius 2 is 1.79 bits per heavy atom. The molecule has 0 aliphatic carbocycles. The second kappa shape index (κ2) is 5.40. The Morgan fingerprint density at radius 1 is 1.26 bits per heavy atom. The summed E-state index contributed by atoms with van der Waals surface area (Å²) < 4.78 is 31.6. The number of rotatable bonds is 5. The molecule has 6 heteroatoms. The zero-order chi connectivity index (χ0) is 14.7. The van der Waals surface area contributed by atoms with Crippen molar-refractivity contribution in [2.24, 2.45) is 5.92 Å². The first-order valence-corrected chi connectivity index (χ1v) is 8.25. The van der Waals surface area contributed by atoms with E-state index in [1.807, 2.05) is 6.07 Å². The molecule has 0 atom stereocenters. The van der Waals surface area contributed by atoms with Gasteiger partial charge in [0.25, 0.3) is 0 Å². The fourth-order valence-corrected chi connectivity index (χ4v) is 4.02. The molecule has 19 heavy (non-hydrogen) atoms. The van der Waals surface area contributed by atoms with Crippen LogP contribution in [0.2, 0.25) is 0 Å². The SMILES string of the molecule is CC(C)CS(=O)(O)(O)CC(=O)N(C)c1ccccc1. The van der Waals surface area contributed by atoms with Crippen molar-refractivity contribution in [2.45, 2.75) is 13.8 Å². The molecule has 0 saturated carbocycles. The van der Waals surface area contributed by atoms with E-state index in [4.69, 9.17) is 0 Å². The minimum atomic E-state index is -4.88. The summed E-state index contributed by atoms with van der Waals surface area (Å²) in [6, 6.07) is 8.77. The molecule has 0 aromatic heterocycles. The van der Waals surface area contributed by atoms with Crippen LogP contribution in [0.15, 0.2) is 30.3 Å². The van der Waals surface area contributed by atoms with Crippen LogP contribution in [0.25, 0.3) is 0 Å². The van der Waals surface area contributed by atoms with Crippen molar-refractivity contribution in [3.8, 4) is 0 Å². The Labute approximate surface area is 113 Å². The van der Waals surface area contributed by atoms with E-state index in [0.29, 0.717) is 5.69 Å². The van der Waals surface area contributed by atoms with Crippen LogP contribution >= 0.6 is 0 Å². The maximum atomic E-state index is 12.0. The third-order valence-corrected chi connectivity index (χ3v) is 4.76. The van der Waals surface area contributed by atoms with Crippen LogP contribution in [-0.4, -0.2) is 37.8 Å². The third kappa shape index (κ3) is 5.10. The smallest absolute Gasteiger partial charge is 0.242 e. The Morgan fingerprint density at radius 3 is 2.26 bits per heavy atom. The largest absolute Gasteiger partial charge is 0.315 e. The third-order valence-electron chi connectivity index (χ3n) is 2.60. The average molecular weight is 287 g/mol. The summed E-state index contributed by atoms with van der Waals surface area (Å²) in [7, 11) is -3.37. The highest BCUT2D eigenvalue weighted by molar-refractivity contribution is 8.10. The first-order chi connectivity index (χ1) is 8.58. The molecule has 0 fully saturated rings. The minimum absolute atomic E-state index is 0.177. The normalized spacial score (nSPS) is 13.9. The lowest BCUT2D eigenvalue weighted by molar-refractivity contribution is -0.116. The first kappa shape index (κ1) is 15.8. The molecule has 2 N–H and O–H groups in total. The predicted octanol–water partition coefficient (Wildman–Crippen LogP) is 2.07. The summed E-state index contributed by atoms with van der Waals surface area (Å²) in [4.78, 5) is 13.2. The number of hydrogen-bond acceptors (Lipinski definition) is 2. The second-order valence-electron chi connectivity index (χ2n) is 5.18. The molecule has 1 rings (SSSR count). The van der Waals surface area contributed by atoms with Gasteiger partial charge in [0, 0.05) is 18.5 Å². The predicted molar refractivity (Wildman–Crippen MR) is 77.8 cm³/mol. The monoisotopic (exact) mass is 287 g/mol. The van der Waals surface area contributed by atoms with E-state index in [9.17, 15) is 18.1 Å². The van der Waals surface area contributed by atoms with E-state index < -0.39 is 21.3 Å². The summed E-state index contributed by atoms with van der Waals surface area (Å²) in [5.41, 5.74) is 0.611. The highest BCUT2D eigenvalue weighted by atomic mass is 32.3. The maximum Gasteiger partial charge on any atom is 0.242 e. The number of anilines is 1. The molecular weight excluding hydrogens is 266 g/mol. The van der Waals surface area contributed by atoms with Gasteiger partial charge in [-0.15, -0.1) is 0 Å². The van der Waals surface area contributed by atoms with Crippen molar-refractivity contribution in [2.75, 3.05) is 23.5 Å². The van der Waals surface area contributed by atoms with Crippen LogP contribution in [0.3, 0.4) is 0 Å². The lowest BCUT2D eigenvalue weighted by atomic mass is 10.3. The lowest BCUT2D eigenvalue weighted by Crippen LogP contribution is -2.47. The summed E-state index contributed by atoms with van der Waals surface area (Å²) in [5.74, 6) is -1.84. The molecular formula is C13H21NO4S. The number of carbonyl (C=O) groups excluding carboxylic acids is 1. The van der Waals surface area contributed by atoms with Crippen LogP contribution in [0.1, 0.15) is 13.8 Å². The molecule has 0 aliphatic heterocycles. The average Bonchev–Trinajstić information content (AvgIpc) is 2.25. The number of para-hydroxylation sites is 1. The van der Waals surface area contributed by atoms with E-state index in [0.717, 1.165) is 0 Å². The number of hydrogen-bond donors (Lipinski definition) is 2. The van der Waals surface area contributed by atoms with Crippen LogP contribution in [0.4, 0.5) is 5.69 Å². The number of carbonyl (C=O) groups is 1. The van der Waals surface area contributed by atoms with Crippen molar-refractivity contribution in [1.29, 1.82) is 0 Å². The van der Waals surface area contributed by atoms with Gasteiger partial charge in [-0.1, -0.05) is 32.0 Å². The van der Waals surface area contributed by atoms with Gasteiger partial charge in [-0.05, 0) is 18.1 Å². The van der Waals surface area contributed by atoms with Gasteiger partial charge >= 0.3 is 0 Å². The zero-order valence-corrected chi connectivity index (χ0v) is 12.3. The van der Waals surface area contributed by atoms with E-state index in [1.54, 1.807) is 38.1 Å². The molecule has 0 heterocycles. The van der Waals surface area contributed by atoms with Gasteiger partial charge in [0.1, 0.15) is 5.75 Å². The zero-order valence-electron chi connectivity index (χ0n) is 11.4. The molecule has 108 valence electrons. The van der Waals surface area contributed by atoms with Crippen molar-refractivity contribution in [3.05, 3.63) is 30.3 Å². The highest BCUT2D eigenvalue weighted by Crippen LogP contribution is 2.22. The summed E-state index contributed by atoms with van der Waals surface area (Å²) >= 11 is 0. The Balaban J connectivity index is 2.83. The molecule has 0 bridgehead atoms. The van der Waals surface area contributed by atoms with Gasteiger partial charge < -0.3 is 14.0 Å². The van der Waals surface area contributed by atoms with Crippen molar-refractivity contribution >= 4 is 21.2 Å². The van der Waals surface area contributed by atoms with Gasteiger partial charge in [0.2, 0.25) is 5.91 Å². The number of amides is 1. The van der Waals surface area contributed by atoms with Gasteiger partial charge in [-0.3, -0.25) is 4.79 Å². The topological polar surface area (TPSA) is 77.8 Å². The summed E-state index contributed by atoms with van der Waals surface area (Å²) in [6.45, 7) is 3.43. The van der Waals surface area contributed by atoms with Crippen molar-refractivity contribution < 1.29 is 18.1 Å². The Bertz CT molecular complexity index is 507. The molecule has 0 aliphatic rings. The second-order valence-corrected chi connectivity index (χ2v) is 8.18. The van der Waals surface area contributed by atoms with Gasteiger partial charge in [-0.2, -0.15) is 0 Å². The Kier molecular flexibility index (Phi) is 4.50. The molecule has 1 aromatic carbocycles. The quantitative estimate of drug-likeness (QED) is 0.869. The molecule has 1 aromatic rings. The fourth-order valence-electron chi connectivity index (χ4n) is 1.87. The minimum Gasteiger partial charge on any atom is -0.315 e. The van der Waals surface area contributed by atoms with Crippen LogP contribution < -0.4 is 4.90 Å². The fraction of sp³-hybridized carbons (Fsp3) is 0.462. The maximum absolute atomic E-state index is 12.0. The number of benzene rings is 1. The molecule has 0 spiro atoms. The standard InChI is InChI=1S/C13H21NO4S/c1-11(2)9-19(16,17,18)10-13(15)14(3)12-7-5-4-6-8-12/h4-8,11H,9-10H2,1-3H3,(H2,16,17,18). The van der Waals surface area contributed by atoms with Crippen molar-refractivity contribution in [1.82, 2.24) is 0 Å². The first-order valence-electron chi connectivity index (χ1n) is 6.03. The highest BCUT2D eigenvalue weighted by Gasteiger charge is 2.35. The summed E-state index contributed by atoms with van der Waals surface area (Å²) in [5, 5.41) is 0.